The van der Waals surface area contributed by atoms with E-state index in [4.69, 9.17) is 4.42 Å². The average Bonchev–Trinajstić information content (AvgIpc) is 3.43. The molecule has 2 aliphatic rings. The molecule has 6 heteroatoms. The van der Waals surface area contributed by atoms with Gasteiger partial charge in [0.2, 0.25) is 5.09 Å². The van der Waals surface area contributed by atoms with Gasteiger partial charge in [0.05, 0.1) is 6.54 Å². The third kappa shape index (κ3) is 4.28. The van der Waals surface area contributed by atoms with E-state index in [0.29, 0.717) is 25.7 Å². The minimum atomic E-state index is -3.46. The number of sulfonamides is 1. The van der Waals surface area contributed by atoms with Gasteiger partial charge >= 0.3 is 0 Å². The summed E-state index contributed by atoms with van der Waals surface area (Å²) < 4.78 is 32.6. The molecule has 0 saturated carbocycles. The van der Waals surface area contributed by atoms with Crippen molar-refractivity contribution in [3.8, 4) is 0 Å². The Kier molecular flexibility index (Phi) is 5.66. The molecule has 27 heavy (non-hydrogen) atoms. The van der Waals surface area contributed by atoms with Crippen molar-refractivity contribution in [2.45, 2.75) is 56.2 Å². The maximum Gasteiger partial charge on any atom is 0.276 e. The van der Waals surface area contributed by atoms with E-state index in [0.717, 1.165) is 38.0 Å². The van der Waals surface area contributed by atoms with Gasteiger partial charge in [-0.3, -0.25) is 4.90 Å². The van der Waals surface area contributed by atoms with Crippen molar-refractivity contribution in [3.63, 3.8) is 0 Å². The highest BCUT2D eigenvalue weighted by Crippen LogP contribution is 2.27. The fourth-order valence-electron chi connectivity index (χ4n) is 4.25. The Morgan fingerprint density at radius 2 is 1.74 bits per heavy atom. The molecule has 3 heterocycles. The summed E-state index contributed by atoms with van der Waals surface area (Å²) >= 11 is 0. The standard InChI is InChI=1S/C21H28N2O3S/c24-27(25,23-15-4-5-16-23)21-13-12-20(26-21)17-22-14-6-9-19(22)11-10-18-7-2-1-3-8-18/h1-3,7-8,12-13,19H,4-6,9-11,14-17H2/t19-/m1/s1. The summed E-state index contributed by atoms with van der Waals surface area (Å²) in [5, 5.41) is 0.0967. The summed E-state index contributed by atoms with van der Waals surface area (Å²) in [6, 6.07) is 14.6. The second-order valence-corrected chi connectivity index (χ2v) is 9.49. The number of hydrogen-bond donors (Lipinski definition) is 0. The zero-order valence-electron chi connectivity index (χ0n) is 15.7. The number of benzene rings is 1. The van der Waals surface area contributed by atoms with E-state index in [-0.39, 0.29) is 5.09 Å². The predicted molar refractivity (Wildman–Crippen MR) is 105 cm³/mol. The van der Waals surface area contributed by atoms with E-state index >= 15 is 0 Å². The van der Waals surface area contributed by atoms with Gasteiger partial charge < -0.3 is 4.42 Å². The summed E-state index contributed by atoms with van der Waals surface area (Å²) in [5.41, 5.74) is 1.38. The average molecular weight is 389 g/mol. The topological polar surface area (TPSA) is 53.8 Å². The maximum absolute atomic E-state index is 12.6. The lowest BCUT2D eigenvalue weighted by Gasteiger charge is -2.23. The molecule has 2 saturated heterocycles. The first-order chi connectivity index (χ1) is 13.1. The van der Waals surface area contributed by atoms with Crippen LogP contribution in [0, 0.1) is 0 Å². The van der Waals surface area contributed by atoms with Crippen LogP contribution in [0.5, 0.6) is 0 Å². The van der Waals surface area contributed by atoms with Gasteiger partial charge in [0, 0.05) is 19.1 Å². The van der Waals surface area contributed by atoms with Gasteiger partial charge in [0.25, 0.3) is 10.0 Å². The van der Waals surface area contributed by atoms with Crippen LogP contribution < -0.4 is 0 Å². The van der Waals surface area contributed by atoms with Crippen LogP contribution in [0.4, 0.5) is 0 Å². The third-order valence-electron chi connectivity index (χ3n) is 5.76. The number of nitrogens with zero attached hydrogens (tertiary/aromatic N) is 2. The fourth-order valence-corrected chi connectivity index (χ4v) is 5.69. The highest BCUT2D eigenvalue weighted by atomic mass is 32.2. The quantitative estimate of drug-likeness (QED) is 0.726. The van der Waals surface area contributed by atoms with Crippen molar-refractivity contribution < 1.29 is 12.8 Å². The summed E-state index contributed by atoms with van der Waals surface area (Å²) in [6.07, 6.45) is 6.47. The van der Waals surface area contributed by atoms with Gasteiger partial charge in [0.15, 0.2) is 0 Å². The first-order valence-corrected chi connectivity index (χ1v) is 11.4. The van der Waals surface area contributed by atoms with Gasteiger partial charge in [-0.1, -0.05) is 30.3 Å². The molecule has 5 nitrogen and oxygen atoms in total. The minimum absolute atomic E-state index is 0.0967. The van der Waals surface area contributed by atoms with Crippen LogP contribution in [0.1, 0.15) is 43.4 Å². The summed E-state index contributed by atoms with van der Waals surface area (Å²) in [4.78, 5) is 2.44. The van der Waals surface area contributed by atoms with Crippen LogP contribution in [0.3, 0.4) is 0 Å². The lowest BCUT2D eigenvalue weighted by Crippen LogP contribution is -2.29. The second kappa shape index (κ2) is 8.17. The smallest absolute Gasteiger partial charge is 0.276 e. The van der Waals surface area contributed by atoms with E-state index in [1.807, 2.05) is 6.07 Å². The minimum Gasteiger partial charge on any atom is -0.447 e. The Bertz CT molecular complexity index is 841. The molecule has 0 aliphatic carbocycles. The Labute approximate surface area is 162 Å². The van der Waals surface area contributed by atoms with E-state index < -0.39 is 10.0 Å². The first-order valence-electron chi connectivity index (χ1n) is 10.00. The van der Waals surface area contributed by atoms with Crippen molar-refractivity contribution in [1.82, 2.24) is 9.21 Å². The molecule has 0 spiro atoms. The molecule has 1 aromatic carbocycles. The molecule has 4 rings (SSSR count). The Balaban J connectivity index is 1.37. The molecule has 2 aromatic rings. The first kappa shape index (κ1) is 18.7. The van der Waals surface area contributed by atoms with Gasteiger partial charge in [-0.15, -0.1) is 0 Å². The molecular weight excluding hydrogens is 360 g/mol. The van der Waals surface area contributed by atoms with Crippen LogP contribution in [0.15, 0.2) is 52.0 Å². The molecule has 0 N–H and O–H groups in total. The molecular formula is C21H28N2O3S. The number of aryl methyl sites for hydroxylation is 1. The lowest BCUT2D eigenvalue weighted by atomic mass is 10.0. The Morgan fingerprint density at radius 1 is 0.963 bits per heavy atom. The Morgan fingerprint density at radius 3 is 2.52 bits per heavy atom. The van der Waals surface area contributed by atoms with E-state index in [1.165, 1.54) is 22.7 Å². The molecule has 0 radical (unpaired) electrons. The molecule has 0 unspecified atom stereocenters. The molecule has 0 amide bonds. The molecule has 2 fully saturated rings. The van der Waals surface area contributed by atoms with Gasteiger partial charge in [0.1, 0.15) is 5.76 Å². The van der Waals surface area contributed by atoms with Crippen molar-refractivity contribution in [2.75, 3.05) is 19.6 Å². The Hall–Kier alpha value is -1.63. The SMILES string of the molecule is O=S(=O)(c1ccc(CN2CCC[C@@H]2CCc2ccccc2)o1)N1CCCC1. The largest absolute Gasteiger partial charge is 0.447 e. The van der Waals surface area contributed by atoms with Gasteiger partial charge in [-0.25, -0.2) is 8.42 Å². The summed E-state index contributed by atoms with van der Waals surface area (Å²) in [6.45, 7) is 2.95. The van der Waals surface area contributed by atoms with Gasteiger partial charge in [-0.05, 0) is 62.8 Å². The fraction of sp³-hybridized carbons (Fsp3) is 0.524. The second-order valence-electron chi connectivity index (χ2n) is 7.62. The zero-order valence-corrected chi connectivity index (χ0v) is 16.5. The molecule has 0 bridgehead atoms. The van der Waals surface area contributed by atoms with Crippen molar-refractivity contribution in [3.05, 3.63) is 53.8 Å². The van der Waals surface area contributed by atoms with Crippen LogP contribution in [-0.4, -0.2) is 43.3 Å². The predicted octanol–water partition coefficient (Wildman–Crippen LogP) is 3.66. The third-order valence-corrected chi connectivity index (χ3v) is 7.54. The van der Waals surface area contributed by atoms with Gasteiger partial charge in [-0.2, -0.15) is 4.31 Å². The van der Waals surface area contributed by atoms with E-state index in [2.05, 4.69) is 35.2 Å². The summed E-state index contributed by atoms with van der Waals surface area (Å²) in [5.74, 6) is 0.749. The van der Waals surface area contributed by atoms with Crippen LogP contribution in [-0.2, 0) is 23.0 Å². The number of likely N-dealkylation sites (tertiary alicyclic amines) is 1. The van der Waals surface area contributed by atoms with Crippen molar-refractivity contribution >= 4 is 10.0 Å². The number of hydrogen-bond acceptors (Lipinski definition) is 4. The summed E-state index contributed by atoms with van der Waals surface area (Å²) in [7, 11) is -3.46. The van der Waals surface area contributed by atoms with Crippen LogP contribution in [0.25, 0.3) is 0 Å². The number of furan rings is 1. The lowest BCUT2D eigenvalue weighted by molar-refractivity contribution is 0.210. The van der Waals surface area contributed by atoms with E-state index in [1.54, 1.807) is 6.07 Å². The molecule has 1 atom stereocenters. The number of rotatable bonds is 7. The zero-order chi connectivity index (χ0) is 18.7. The van der Waals surface area contributed by atoms with Crippen molar-refractivity contribution in [2.24, 2.45) is 0 Å². The van der Waals surface area contributed by atoms with Crippen molar-refractivity contribution in [1.29, 1.82) is 0 Å². The van der Waals surface area contributed by atoms with Crippen LogP contribution >= 0.6 is 0 Å². The highest BCUT2D eigenvalue weighted by molar-refractivity contribution is 7.89. The normalized spacial score (nSPS) is 21.9. The molecule has 146 valence electrons. The monoisotopic (exact) mass is 388 g/mol. The highest BCUT2D eigenvalue weighted by Gasteiger charge is 2.31. The molecule has 1 aromatic heterocycles. The molecule has 2 aliphatic heterocycles. The maximum atomic E-state index is 12.6. The van der Waals surface area contributed by atoms with E-state index in [9.17, 15) is 8.42 Å². The van der Waals surface area contributed by atoms with Crippen LogP contribution in [0.2, 0.25) is 0 Å².